The lowest BCUT2D eigenvalue weighted by atomic mass is 9.52. The highest BCUT2D eigenvalue weighted by Crippen LogP contribution is 2.60. The number of rotatable bonds is 12. The maximum Gasteiger partial charge on any atom is 0.310 e. The zero-order chi connectivity index (χ0) is 39.3. The summed E-state index contributed by atoms with van der Waals surface area (Å²) in [5.74, 6) is -2.82. The van der Waals surface area contributed by atoms with Crippen LogP contribution in [0.5, 0.6) is 0 Å². The molecule has 0 aromatic heterocycles. The Morgan fingerprint density at radius 1 is 0.429 bits per heavy atom. The zero-order valence-electron chi connectivity index (χ0n) is 33.1. The highest BCUT2D eigenvalue weighted by molar-refractivity contribution is 7.80. The molecule has 6 aromatic carbocycles. The molecule has 4 nitrogen and oxygen atoms in total. The van der Waals surface area contributed by atoms with Crippen molar-refractivity contribution in [2.45, 2.75) is 53.4 Å². The molecule has 0 radical (unpaired) electrons. The Kier molecular flexibility index (Phi) is 12.3. The molecule has 0 saturated heterocycles. The van der Waals surface area contributed by atoms with Gasteiger partial charge in [0.1, 0.15) is 0 Å². The molecule has 0 spiro atoms. The Morgan fingerprint density at radius 2 is 0.696 bits per heavy atom. The molecule has 0 N–H and O–H groups in total. The summed E-state index contributed by atoms with van der Waals surface area (Å²) in [4.78, 5) is 28.6. The van der Waals surface area contributed by atoms with Crippen LogP contribution in [0.2, 0.25) is 0 Å². The molecule has 56 heavy (non-hydrogen) atoms. The van der Waals surface area contributed by atoms with Crippen molar-refractivity contribution in [3.63, 3.8) is 0 Å². The predicted octanol–water partition coefficient (Wildman–Crippen LogP) is 8.68. The molecule has 6 heteroatoms. The van der Waals surface area contributed by atoms with E-state index in [4.69, 9.17) is 9.47 Å². The predicted molar refractivity (Wildman–Crippen MR) is 235 cm³/mol. The van der Waals surface area contributed by atoms with Crippen molar-refractivity contribution in [1.29, 1.82) is 0 Å². The maximum atomic E-state index is 14.3. The molecule has 1 saturated carbocycles. The molecule has 0 unspecified atom stereocenters. The van der Waals surface area contributed by atoms with Crippen molar-refractivity contribution < 1.29 is 19.1 Å². The maximum absolute atomic E-state index is 14.3. The topological polar surface area (TPSA) is 52.6 Å². The molecular formula is C50H50O4P2. The fourth-order valence-corrected chi connectivity index (χ4v) is 13.1. The third-order valence-corrected chi connectivity index (χ3v) is 15.9. The van der Waals surface area contributed by atoms with Crippen LogP contribution < -0.4 is 31.8 Å². The molecule has 0 aliphatic heterocycles. The minimum Gasteiger partial charge on any atom is -0.466 e. The number of benzene rings is 6. The van der Waals surface area contributed by atoms with E-state index >= 15 is 0 Å². The van der Waals surface area contributed by atoms with Crippen LogP contribution in [0.25, 0.3) is 0 Å². The minimum atomic E-state index is -1.03. The van der Waals surface area contributed by atoms with Gasteiger partial charge in [0.15, 0.2) is 0 Å². The van der Waals surface area contributed by atoms with E-state index in [0.29, 0.717) is 0 Å². The molecule has 7 rings (SSSR count). The van der Waals surface area contributed by atoms with Crippen molar-refractivity contribution in [3.8, 4) is 0 Å². The average molecular weight is 777 g/mol. The van der Waals surface area contributed by atoms with Crippen LogP contribution in [0.3, 0.4) is 0 Å². The fourth-order valence-electron chi connectivity index (χ4n) is 8.16. The van der Waals surface area contributed by atoms with Crippen molar-refractivity contribution >= 4 is 59.6 Å². The fraction of sp³-hybridized carbons (Fsp3) is 0.240. The number of hydrogen-bond acceptors (Lipinski definition) is 4. The lowest BCUT2D eigenvalue weighted by Gasteiger charge is -2.51. The molecule has 0 amide bonds. The Bertz CT molecular complexity index is 2030. The summed E-state index contributed by atoms with van der Waals surface area (Å²) < 4.78 is 11.7. The van der Waals surface area contributed by atoms with E-state index in [2.05, 4.69) is 173 Å². The summed E-state index contributed by atoms with van der Waals surface area (Å²) in [7, 11) is -2.06. The highest BCUT2D eigenvalue weighted by Gasteiger charge is 2.61. The molecule has 1 aliphatic rings. The van der Waals surface area contributed by atoms with Crippen LogP contribution in [-0.2, 0) is 19.1 Å². The van der Waals surface area contributed by atoms with Gasteiger partial charge in [0, 0.05) is 11.8 Å². The van der Waals surface area contributed by atoms with E-state index in [0.717, 1.165) is 11.1 Å². The van der Waals surface area contributed by atoms with Crippen molar-refractivity contribution in [1.82, 2.24) is 0 Å². The lowest BCUT2D eigenvalue weighted by Crippen LogP contribution is -2.54. The van der Waals surface area contributed by atoms with E-state index in [1.807, 2.05) is 13.8 Å². The van der Waals surface area contributed by atoms with E-state index < -0.39 is 27.7 Å². The van der Waals surface area contributed by atoms with Gasteiger partial charge in [0.25, 0.3) is 0 Å². The smallest absolute Gasteiger partial charge is 0.310 e. The van der Waals surface area contributed by atoms with Gasteiger partial charge in [-0.15, -0.1) is 0 Å². The molecule has 284 valence electrons. The van der Waals surface area contributed by atoms with Crippen LogP contribution in [0.1, 0.15) is 59.1 Å². The average Bonchev–Trinajstić information content (AvgIpc) is 3.19. The number of carbonyl (C=O) groups excluding carboxylic acids is 2. The first-order valence-corrected chi connectivity index (χ1v) is 22.3. The molecule has 4 atom stereocenters. The molecular weight excluding hydrogens is 726 g/mol. The molecule has 1 aliphatic carbocycles. The van der Waals surface area contributed by atoms with Gasteiger partial charge in [0.2, 0.25) is 0 Å². The van der Waals surface area contributed by atoms with Crippen molar-refractivity contribution in [2.24, 2.45) is 11.8 Å². The van der Waals surface area contributed by atoms with Crippen LogP contribution >= 0.6 is 15.8 Å². The number of carbonyl (C=O) groups is 2. The van der Waals surface area contributed by atoms with Crippen LogP contribution in [0.4, 0.5) is 0 Å². The Labute approximate surface area is 334 Å². The first kappa shape index (κ1) is 39.4. The van der Waals surface area contributed by atoms with Gasteiger partial charge in [-0.2, -0.15) is 0 Å². The van der Waals surface area contributed by atoms with Gasteiger partial charge in [0.05, 0.1) is 25.0 Å². The van der Waals surface area contributed by atoms with Gasteiger partial charge < -0.3 is 9.47 Å². The van der Waals surface area contributed by atoms with Crippen molar-refractivity contribution in [3.05, 3.63) is 179 Å². The van der Waals surface area contributed by atoms with E-state index in [1.54, 1.807) is 0 Å². The summed E-state index contributed by atoms with van der Waals surface area (Å²) in [5.41, 5.74) is 6.97. The zero-order valence-corrected chi connectivity index (χ0v) is 34.9. The second kappa shape index (κ2) is 17.5. The Morgan fingerprint density at radius 3 is 0.964 bits per heavy atom. The van der Waals surface area contributed by atoms with Crippen LogP contribution in [0, 0.1) is 39.5 Å². The summed E-state index contributed by atoms with van der Waals surface area (Å²) in [6, 6.07) is 52.6. The normalized spacial score (nSPS) is 17.7. The summed E-state index contributed by atoms with van der Waals surface area (Å²) in [6.07, 6.45) is 0. The Hall–Kier alpha value is -4.88. The van der Waals surface area contributed by atoms with E-state index in [1.165, 1.54) is 54.1 Å². The second-order valence-electron chi connectivity index (χ2n) is 14.7. The quantitative estimate of drug-likeness (QED) is 0.0923. The van der Waals surface area contributed by atoms with E-state index in [-0.39, 0.29) is 37.0 Å². The first-order chi connectivity index (χ1) is 27.2. The number of hydrogen-bond donors (Lipinski definition) is 0. The summed E-state index contributed by atoms with van der Waals surface area (Å²) >= 11 is 0. The number of ether oxygens (including phenoxy) is 2. The highest BCUT2D eigenvalue weighted by atomic mass is 31.1. The minimum absolute atomic E-state index is 0.228. The third kappa shape index (κ3) is 8.02. The first-order valence-electron chi connectivity index (χ1n) is 19.6. The van der Waals surface area contributed by atoms with Gasteiger partial charge in [-0.3, -0.25) is 9.59 Å². The second-order valence-corrected chi connectivity index (χ2v) is 19.1. The lowest BCUT2D eigenvalue weighted by molar-refractivity contribution is -0.171. The molecule has 1 fully saturated rings. The number of aryl methyl sites for hydroxylation is 4. The van der Waals surface area contributed by atoms with Crippen LogP contribution in [-0.4, -0.2) is 25.2 Å². The van der Waals surface area contributed by atoms with Crippen molar-refractivity contribution in [2.75, 3.05) is 13.2 Å². The monoisotopic (exact) mass is 776 g/mol. The SMILES string of the molecule is CCOC(=O)[C@@H]1[C@@H](C(=O)OCC)[C@@H](c2ccccc2P(c2ccc(C)cc2)c2ccc(C)cc2)[C@@H]1c1ccccc1P(c1ccc(C)cc1)c1ccc(C)cc1. The molecule has 6 aromatic rings. The van der Waals surface area contributed by atoms with Gasteiger partial charge in [-0.05, 0) is 100 Å². The van der Waals surface area contributed by atoms with E-state index in [9.17, 15) is 9.59 Å². The largest absolute Gasteiger partial charge is 0.466 e. The standard InChI is InChI=1S/C50H50O4P2/c1-7-53-49(51)47-45(41-13-9-11-15-43(41)55(37-25-17-33(3)18-26-37)38-27-19-34(4)20-28-38)46(48(47)50(52)54-8-2)42-14-10-12-16-44(42)56(39-29-21-35(5)22-30-39)40-31-23-36(6)24-32-40/h9-32,45-48H,7-8H2,1-6H3/t45-,46-,47-,48-/m0/s1. The Balaban J connectivity index is 1.47. The van der Waals surface area contributed by atoms with Gasteiger partial charge in [-0.25, -0.2) is 0 Å². The summed E-state index contributed by atoms with van der Waals surface area (Å²) in [6.45, 7) is 12.6. The number of esters is 2. The van der Waals surface area contributed by atoms with Gasteiger partial charge >= 0.3 is 11.9 Å². The molecule has 0 heterocycles. The summed E-state index contributed by atoms with van der Waals surface area (Å²) in [5, 5.41) is 7.28. The molecule has 0 bridgehead atoms. The van der Waals surface area contributed by atoms with Crippen LogP contribution in [0.15, 0.2) is 146 Å². The third-order valence-electron chi connectivity index (χ3n) is 10.9. The van der Waals surface area contributed by atoms with Gasteiger partial charge in [-0.1, -0.05) is 168 Å².